The first-order valence-corrected chi connectivity index (χ1v) is 6.97. The van der Waals surface area contributed by atoms with Crippen LogP contribution in [0.15, 0.2) is 18.2 Å². The summed E-state index contributed by atoms with van der Waals surface area (Å²) in [5.74, 6) is 1.71. The highest BCUT2D eigenvalue weighted by Gasteiger charge is 2.32. The number of hydrogen-bond donors (Lipinski definition) is 1. The highest BCUT2D eigenvalue weighted by atomic mass is 16.5. The highest BCUT2D eigenvalue weighted by Crippen LogP contribution is 2.39. The van der Waals surface area contributed by atoms with Crippen molar-refractivity contribution in [3.05, 3.63) is 29.3 Å². The molecule has 18 heavy (non-hydrogen) atoms. The molecule has 0 fully saturated rings. The van der Waals surface area contributed by atoms with Crippen molar-refractivity contribution in [2.45, 2.75) is 52.0 Å². The largest absolute Gasteiger partial charge is 0.492 e. The molecule has 0 saturated heterocycles. The summed E-state index contributed by atoms with van der Waals surface area (Å²) in [5, 5.41) is 0. The lowest BCUT2D eigenvalue weighted by molar-refractivity contribution is 0.291. The molecule has 2 heteroatoms. The Kier molecular flexibility index (Phi) is 3.67. The van der Waals surface area contributed by atoms with Crippen molar-refractivity contribution in [1.29, 1.82) is 0 Å². The molecule has 2 nitrogen and oxygen atoms in total. The van der Waals surface area contributed by atoms with Crippen LogP contribution >= 0.6 is 0 Å². The van der Waals surface area contributed by atoms with Gasteiger partial charge < -0.3 is 10.5 Å². The summed E-state index contributed by atoms with van der Waals surface area (Å²) in [5.41, 5.74) is 8.97. The third-order valence-electron chi connectivity index (χ3n) is 4.10. The molecule has 1 aromatic rings. The Morgan fingerprint density at radius 1 is 1.39 bits per heavy atom. The second-order valence-electron chi connectivity index (χ2n) is 6.28. The van der Waals surface area contributed by atoms with E-state index in [1.165, 1.54) is 17.5 Å². The number of fused-ring (bicyclic) bond motifs is 1. The maximum atomic E-state index is 6.31. The molecule has 1 aromatic carbocycles. The van der Waals surface area contributed by atoms with Gasteiger partial charge in [-0.3, -0.25) is 0 Å². The first kappa shape index (κ1) is 13.4. The fraction of sp³-hybridized carbons (Fsp3) is 0.625. The molecule has 0 bridgehead atoms. The Balaban J connectivity index is 2.21. The zero-order chi connectivity index (χ0) is 13.3. The molecular formula is C16H25NO. The molecule has 2 atom stereocenters. The van der Waals surface area contributed by atoms with Crippen LogP contribution in [-0.4, -0.2) is 6.61 Å². The van der Waals surface area contributed by atoms with Gasteiger partial charge in [0.2, 0.25) is 0 Å². The molecule has 0 aromatic heterocycles. The van der Waals surface area contributed by atoms with E-state index in [4.69, 9.17) is 10.5 Å². The third kappa shape index (κ3) is 2.54. The van der Waals surface area contributed by atoms with Crippen LogP contribution < -0.4 is 10.5 Å². The van der Waals surface area contributed by atoms with Crippen LogP contribution in [-0.2, 0) is 5.41 Å². The SMILES string of the molecule is CCC(C)CC(N)c1ccc2c(c1)C(C)(C)CO2. The van der Waals surface area contributed by atoms with E-state index in [0.29, 0.717) is 5.92 Å². The molecule has 1 aliphatic rings. The van der Waals surface area contributed by atoms with Gasteiger partial charge in [-0.05, 0) is 30.0 Å². The summed E-state index contributed by atoms with van der Waals surface area (Å²) < 4.78 is 5.71. The van der Waals surface area contributed by atoms with Gasteiger partial charge in [-0.25, -0.2) is 0 Å². The minimum atomic E-state index is 0.113. The zero-order valence-corrected chi connectivity index (χ0v) is 12.0. The minimum Gasteiger partial charge on any atom is -0.492 e. The van der Waals surface area contributed by atoms with E-state index in [0.717, 1.165) is 18.8 Å². The van der Waals surface area contributed by atoms with Crippen LogP contribution in [0.1, 0.15) is 57.7 Å². The third-order valence-corrected chi connectivity index (χ3v) is 4.10. The quantitative estimate of drug-likeness (QED) is 0.878. The van der Waals surface area contributed by atoms with Crippen LogP contribution in [0.3, 0.4) is 0 Å². The van der Waals surface area contributed by atoms with E-state index in [-0.39, 0.29) is 11.5 Å². The van der Waals surface area contributed by atoms with E-state index in [2.05, 4.69) is 45.9 Å². The first-order valence-electron chi connectivity index (χ1n) is 6.97. The number of ether oxygens (including phenoxy) is 1. The average molecular weight is 247 g/mol. The van der Waals surface area contributed by atoms with Gasteiger partial charge >= 0.3 is 0 Å². The highest BCUT2D eigenvalue weighted by molar-refractivity contribution is 5.45. The van der Waals surface area contributed by atoms with Crippen molar-refractivity contribution in [1.82, 2.24) is 0 Å². The van der Waals surface area contributed by atoms with Gasteiger partial charge in [-0.1, -0.05) is 40.2 Å². The summed E-state index contributed by atoms with van der Waals surface area (Å²) in [7, 11) is 0. The first-order chi connectivity index (χ1) is 8.44. The number of hydrogen-bond acceptors (Lipinski definition) is 2. The van der Waals surface area contributed by atoms with E-state index < -0.39 is 0 Å². The lowest BCUT2D eigenvalue weighted by Gasteiger charge is -2.19. The van der Waals surface area contributed by atoms with Crippen molar-refractivity contribution in [3.63, 3.8) is 0 Å². The number of rotatable bonds is 4. The molecule has 2 N–H and O–H groups in total. The predicted molar refractivity (Wildman–Crippen MR) is 76.0 cm³/mol. The van der Waals surface area contributed by atoms with E-state index in [1.807, 2.05) is 0 Å². The van der Waals surface area contributed by atoms with Crippen LogP contribution in [0.4, 0.5) is 0 Å². The standard InChI is InChI=1S/C16H25NO/c1-5-11(2)8-14(17)12-6-7-15-13(9-12)16(3,4)10-18-15/h6-7,9,11,14H,5,8,10,17H2,1-4H3. The van der Waals surface area contributed by atoms with Gasteiger partial charge in [0, 0.05) is 17.0 Å². The van der Waals surface area contributed by atoms with Crippen LogP contribution in [0.25, 0.3) is 0 Å². The summed E-state index contributed by atoms with van der Waals surface area (Å²) in [6.07, 6.45) is 2.24. The van der Waals surface area contributed by atoms with Gasteiger partial charge in [-0.15, -0.1) is 0 Å². The van der Waals surface area contributed by atoms with Gasteiger partial charge in [-0.2, -0.15) is 0 Å². The van der Waals surface area contributed by atoms with Crippen molar-refractivity contribution in [3.8, 4) is 5.75 Å². The second kappa shape index (κ2) is 4.93. The van der Waals surface area contributed by atoms with Gasteiger partial charge in [0.05, 0.1) is 6.61 Å². The predicted octanol–water partition coefficient (Wildman–Crippen LogP) is 3.79. The molecular weight excluding hydrogens is 222 g/mol. The van der Waals surface area contributed by atoms with E-state index >= 15 is 0 Å². The fourth-order valence-electron chi connectivity index (χ4n) is 2.51. The molecule has 100 valence electrons. The zero-order valence-electron chi connectivity index (χ0n) is 12.0. The van der Waals surface area contributed by atoms with Crippen molar-refractivity contribution < 1.29 is 4.74 Å². The average Bonchev–Trinajstić information content (AvgIpc) is 2.65. The number of nitrogens with two attached hydrogens (primary N) is 1. The fourth-order valence-corrected chi connectivity index (χ4v) is 2.51. The summed E-state index contributed by atoms with van der Waals surface area (Å²) >= 11 is 0. The Bertz CT molecular complexity index is 425. The molecule has 1 heterocycles. The van der Waals surface area contributed by atoms with Gasteiger partial charge in [0.15, 0.2) is 0 Å². The van der Waals surface area contributed by atoms with Crippen molar-refractivity contribution in [2.75, 3.05) is 6.61 Å². The summed E-state index contributed by atoms with van der Waals surface area (Å²) in [6.45, 7) is 9.70. The van der Waals surface area contributed by atoms with Crippen LogP contribution in [0.2, 0.25) is 0 Å². The molecule has 2 unspecified atom stereocenters. The van der Waals surface area contributed by atoms with E-state index in [9.17, 15) is 0 Å². The Hall–Kier alpha value is -1.02. The molecule has 0 amide bonds. The molecule has 0 spiro atoms. The normalized spacial score (nSPS) is 20.1. The lowest BCUT2D eigenvalue weighted by atomic mass is 9.84. The molecule has 1 aliphatic heterocycles. The monoisotopic (exact) mass is 247 g/mol. The maximum Gasteiger partial charge on any atom is 0.123 e. The second-order valence-corrected chi connectivity index (χ2v) is 6.28. The maximum absolute atomic E-state index is 6.31. The van der Waals surface area contributed by atoms with Gasteiger partial charge in [0.1, 0.15) is 5.75 Å². The van der Waals surface area contributed by atoms with Gasteiger partial charge in [0.25, 0.3) is 0 Å². The minimum absolute atomic E-state index is 0.113. The topological polar surface area (TPSA) is 35.2 Å². The number of benzene rings is 1. The van der Waals surface area contributed by atoms with Crippen molar-refractivity contribution in [2.24, 2.45) is 11.7 Å². The molecule has 0 radical (unpaired) electrons. The van der Waals surface area contributed by atoms with Crippen LogP contribution in [0, 0.1) is 5.92 Å². The summed E-state index contributed by atoms with van der Waals surface area (Å²) in [6, 6.07) is 6.58. The Labute approximate surface area is 111 Å². The summed E-state index contributed by atoms with van der Waals surface area (Å²) in [4.78, 5) is 0. The lowest BCUT2D eigenvalue weighted by Crippen LogP contribution is -2.19. The molecule has 2 rings (SSSR count). The van der Waals surface area contributed by atoms with Crippen LogP contribution in [0.5, 0.6) is 5.75 Å². The Morgan fingerprint density at radius 2 is 2.11 bits per heavy atom. The molecule has 0 aliphatic carbocycles. The van der Waals surface area contributed by atoms with E-state index in [1.54, 1.807) is 0 Å². The smallest absolute Gasteiger partial charge is 0.123 e. The van der Waals surface area contributed by atoms with Crippen molar-refractivity contribution >= 4 is 0 Å². The Morgan fingerprint density at radius 3 is 2.78 bits per heavy atom. The molecule has 0 saturated carbocycles.